The molecule has 0 spiro atoms. The van der Waals surface area contributed by atoms with Crippen LogP contribution >= 0.6 is 0 Å². The normalized spacial score (nSPS) is 14.3. The number of para-hydroxylation sites is 1. The van der Waals surface area contributed by atoms with Crippen LogP contribution in [0.4, 0.5) is 0 Å². The Morgan fingerprint density at radius 3 is 2.45 bits per heavy atom. The molecule has 2 unspecified atom stereocenters. The van der Waals surface area contributed by atoms with Gasteiger partial charge in [0.05, 0.1) is 0 Å². The predicted molar refractivity (Wildman–Crippen MR) is 84.2 cm³/mol. The minimum absolute atomic E-state index is 0.327. The highest BCUT2D eigenvalue weighted by molar-refractivity contribution is 5.31. The molecule has 3 nitrogen and oxygen atoms in total. The Labute approximate surface area is 123 Å². The second-order valence-electron chi connectivity index (χ2n) is 5.50. The first-order chi connectivity index (χ1) is 9.58. The van der Waals surface area contributed by atoms with Gasteiger partial charge in [0.15, 0.2) is 0 Å². The molecule has 0 amide bonds. The average Bonchev–Trinajstić information content (AvgIpc) is 2.45. The number of hydrogen-bond acceptors (Lipinski definition) is 3. The average molecular weight is 279 g/mol. The molecule has 1 aromatic carbocycles. The van der Waals surface area contributed by atoms with Gasteiger partial charge in [-0.2, -0.15) is 0 Å². The fourth-order valence-corrected chi connectivity index (χ4v) is 2.45. The van der Waals surface area contributed by atoms with Crippen molar-refractivity contribution in [3.05, 3.63) is 29.8 Å². The number of aliphatic hydroxyl groups excluding tert-OH is 1. The zero-order valence-electron chi connectivity index (χ0n) is 13.2. The predicted octanol–water partition coefficient (Wildman–Crippen LogP) is 3.15. The molecule has 2 N–H and O–H groups in total. The van der Waals surface area contributed by atoms with E-state index >= 15 is 0 Å². The molecule has 3 heteroatoms. The highest BCUT2D eigenvalue weighted by Crippen LogP contribution is 2.16. The lowest BCUT2D eigenvalue weighted by molar-refractivity contribution is 0.101. The van der Waals surface area contributed by atoms with Gasteiger partial charge in [0.1, 0.15) is 18.5 Å². The third-order valence-corrected chi connectivity index (χ3v) is 3.96. The number of rotatable bonds is 9. The van der Waals surface area contributed by atoms with Crippen LogP contribution in [0, 0.1) is 12.8 Å². The van der Waals surface area contributed by atoms with Crippen LogP contribution in [0.5, 0.6) is 5.75 Å². The van der Waals surface area contributed by atoms with Crippen LogP contribution in [-0.2, 0) is 0 Å². The summed E-state index contributed by atoms with van der Waals surface area (Å²) in [5.41, 5.74) is 1.10. The topological polar surface area (TPSA) is 41.5 Å². The van der Waals surface area contributed by atoms with Crippen LogP contribution in [0.2, 0.25) is 0 Å². The van der Waals surface area contributed by atoms with Crippen molar-refractivity contribution in [3.8, 4) is 5.75 Å². The zero-order chi connectivity index (χ0) is 15.0. The maximum Gasteiger partial charge on any atom is 0.122 e. The molecular weight excluding hydrogens is 250 g/mol. The largest absolute Gasteiger partial charge is 0.491 e. The Morgan fingerprint density at radius 1 is 1.20 bits per heavy atom. The summed E-state index contributed by atoms with van der Waals surface area (Å²) in [7, 11) is 0. The highest BCUT2D eigenvalue weighted by atomic mass is 16.5. The van der Waals surface area contributed by atoms with Crippen molar-refractivity contribution in [1.29, 1.82) is 0 Å². The summed E-state index contributed by atoms with van der Waals surface area (Å²) in [6.07, 6.45) is 1.85. The maximum absolute atomic E-state index is 9.99. The van der Waals surface area contributed by atoms with E-state index in [1.165, 1.54) is 12.8 Å². The van der Waals surface area contributed by atoms with Crippen molar-refractivity contribution in [2.75, 3.05) is 13.2 Å². The molecule has 1 aromatic rings. The quantitative estimate of drug-likeness (QED) is 0.729. The smallest absolute Gasteiger partial charge is 0.122 e. The summed E-state index contributed by atoms with van der Waals surface area (Å²) in [5.74, 6) is 1.51. The monoisotopic (exact) mass is 279 g/mol. The van der Waals surface area contributed by atoms with Crippen LogP contribution in [0.15, 0.2) is 24.3 Å². The molecule has 0 aliphatic rings. The van der Waals surface area contributed by atoms with Crippen molar-refractivity contribution in [1.82, 2.24) is 5.32 Å². The molecule has 0 saturated heterocycles. The van der Waals surface area contributed by atoms with Crippen LogP contribution in [-0.4, -0.2) is 30.4 Å². The van der Waals surface area contributed by atoms with Crippen molar-refractivity contribution in [2.24, 2.45) is 5.92 Å². The number of hydrogen-bond donors (Lipinski definition) is 2. The Hall–Kier alpha value is -1.06. The van der Waals surface area contributed by atoms with Gasteiger partial charge < -0.3 is 15.2 Å². The first-order valence-electron chi connectivity index (χ1n) is 7.68. The molecule has 0 radical (unpaired) electrons. The molecule has 0 aliphatic carbocycles. The summed E-state index contributed by atoms with van der Waals surface area (Å²) >= 11 is 0. The second kappa shape index (κ2) is 8.98. The number of benzene rings is 1. The minimum Gasteiger partial charge on any atom is -0.491 e. The van der Waals surface area contributed by atoms with E-state index < -0.39 is 6.10 Å². The van der Waals surface area contributed by atoms with Gasteiger partial charge in [-0.3, -0.25) is 0 Å². The van der Waals surface area contributed by atoms with Crippen molar-refractivity contribution < 1.29 is 9.84 Å². The number of aliphatic hydroxyl groups is 1. The standard InChI is InChI=1S/C17H29NO2/c1-5-15(6-2)14(4)18-11-16(19)12-20-17-10-8-7-9-13(17)3/h7-10,14-16,18-19H,5-6,11-12H2,1-4H3. The fraction of sp³-hybridized carbons (Fsp3) is 0.647. The molecule has 0 aliphatic heterocycles. The Bertz CT molecular complexity index is 377. The van der Waals surface area contributed by atoms with E-state index in [1.807, 2.05) is 31.2 Å². The zero-order valence-corrected chi connectivity index (χ0v) is 13.2. The van der Waals surface area contributed by atoms with Crippen molar-refractivity contribution in [3.63, 3.8) is 0 Å². The summed E-state index contributed by atoms with van der Waals surface area (Å²) in [4.78, 5) is 0. The van der Waals surface area contributed by atoms with Gasteiger partial charge in [-0.25, -0.2) is 0 Å². The van der Waals surface area contributed by atoms with E-state index in [2.05, 4.69) is 26.1 Å². The number of nitrogens with one attached hydrogen (secondary N) is 1. The van der Waals surface area contributed by atoms with Gasteiger partial charge >= 0.3 is 0 Å². The van der Waals surface area contributed by atoms with Crippen molar-refractivity contribution >= 4 is 0 Å². The molecular formula is C17H29NO2. The lowest BCUT2D eigenvalue weighted by Gasteiger charge is -2.24. The Kier molecular flexibility index (Phi) is 7.63. The van der Waals surface area contributed by atoms with E-state index in [9.17, 15) is 5.11 Å². The maximum atomic E-state index is 9.99. The minimum atomic E-state index is -0.480. The lowest BCUT2D eigenvalue weighted by Crippen LogP contribution is -2.40. The third kappa shape index (κ3) is 5.51. The molecule has 0 saturated carbocycles. The van der Waals surface area contributed by atoms with Gasteiger partial charge in [0, 0.05) is 12.6 Å². The number of aryl methyl sites for hydroxylation is 1. The first kappa shape index (κ1) is 17.0. The van der Waals surface area contributed by atoms with Crippen LogP contribution in [0.1, 0.15) is 39.2 Å². The number of ether oxygens (including phenoxy) is 1. The molecule has 0 heterocycles. The van der Waals surface area contributed by atoms with Gasteiger partial charge in [-0.15, -0.1) is 0 Å². The van der Waals surface area contributed by atoms with Crippen LogP contribution in [0.3, 0.4) is 0 Å². The van der Waals surface area contributed by atoms with E-state index in [4.69, 9.17) is 4.74 Å². The molecule has 114 valence electrons. The molecule has 20 heavy (non-hydrogen) atoms. The summed E-state index contributed by atoms with van der Waals surface area (Å²) in [6, 6.07) is 8.30. The van der Waals surface area contributed by atoms with Gasteiger partial charge in [-0.05, 0) is 31.4 Å². The van der Waals surface area contributed by atoms with E-state index in [0.717, 1.165) is 11.3 Å². The van der Waals surface area contributed by atoms with E-state index in [1.54, 1.807) is 0 Å². The third-order valence-electron chi connectivity index (χ3n) is 3.96. The molecule has 0 aromatic heterocycles. The SMILES string of the molecule is CCC(CC)C(C)NCC(O)COc1ccccc1C. The van der Waals surface area contributed by atoms with Crippen molar-refractivity contribution in [2.45, 2.75) is 52.7 Å². The van der Waals surface area contributed by atoms with Crippen LogP contribution < -0.4 is 10.1 Å². The Balaban J connectivity index is 2.30. The molecule has 0 bridgehead atoms. The molecule has 0 fully saturated rings. The van der Waals surface area contributed by atoms with Gasteiger partial charge in [-0.1, -0.05) is 44.9 Å². The van der Waals surface area contributed by atoms with Crippen LogP contribution in [0.25, 0.3) is 0 Å². The summed E-state index contributed by atoms with van der Waals surface area (Å²) in [5, 5.41) is 13.4. The highest BCUT2D eigenvalue weighted by Gasteiger charge is 2.14. The molecule has 1 rings (SSSR count). The van der Waals surface area contributed by atoms with Gasteiger partial charge in [0.2, 0.25) is 0 Å². The van der Waals surface area contributed by atoms with E-state index in [0.29, 0.717) is 25.1 Å². The first-order valence-corrected chi connectivity index (χ1v) is 7.68. The van der Waals surface area contributed by atoms with Gasteiger partial charge in [0.25, 0.3) is 0 Å². The Morgan fingerprint density at radius 2 is 1.85 bits per heavy atom. The molecule has 2 atom stereocenters. The summed E-state index contributed by atoms with van der Waals surface area (Å²) < 4.78 is 5.65. The fourth-order valence-electron chi connectivity index (χ4n) is 2.45. The lowest BCUT2D eigenvalue weighted by atomic mass is 9.95. The second-order valence-corrected chi connectivity index (χ2v) is 5.50. The summed E-state index contributed by atoms with van der Waals surface area (Å²) in [6.45, 7) is 9.52. The van der Waals surface area contributed by atoms with E-state index in [-0.39, 0.29) is 0 Å².